The second kappa shape index (κ2) is 6.52. The van der Waals surface area contributed by atoms with Gasteiger partial charge < -0.3 is 14.6 Å². The fourth-order valence-corrected chi connectivity index (χ4v) is 1.31. The highest BCUT2D eigenvalue weighted by molar-refractivity contribution is 5.13. The number of aliphatic hydroxyl groups is 1. The first kappa shape index (κ1) is 13.0. The molecule has 0 aliphatic carbocycles. The summed E-state index contributed by atoms with van der Waals surface area (Å²) in [4.78, 5) is 3.66. The van der Waals surface area contributed by atoms with Crippen LogP contribution in [-0.4, -0.2) is 29.6 Å². The maximum absolute atomic E-state index is 12.9. The van der Waals surface area contributed by atoms with Gasteiger partial charge in [0.15, 0.2) is 6.29 Å². The lowest BCUT2D eigenvalue weighted by atomic mass is 10.1. The molecule has 1 atom stereocenters. The summed E-state index contributed by atoms with van der Waals surface area (Å²) in [6.45, 7) is 4.40. The molecule has 1 N–H and O–H groups in total. The molecule has 1 heterocycles. The van der Waals surface area contributed by atoms with Crippen molar-refractivity contribution in [1.29, 1.82) is 0 Å². The van der Waals surface area contributed by atoms with Crippen LogP contribution in [0.5, 0.6) is 0 Å². The summed E-state index contributed by atoms with van der Waals surface area (Å²) in [7, 11) is 0. The van der Waals surface area contributed by atoms with Crippen LogP contribution in [-0.2, 0) is 9.47 Å². The van der Waals surface area contributed by atoms with Crippen LogP contribution in [0.25, 0.3) is 0 Å². The summed E-state index contributed by atoms with van der Waals surface area (Å²) in [5.41, 5.74) is 0.340. The number of rotatable bonds is 6. The van der Waals surface area contributed by atoms with Gasteiger partial charge >= 0.3 is 0 Å². The first-order valence-corrected chi connectivity index (χ1v) is 5.20. The van der Waals surface area contributed by atoms with Gasteiger partial charge in [-0.05, 0) is 19.9 Å². The molecule has 4 nitrogen and oxygen atoms in total. The molecule has 90 valence electrons. The third-order valence-corrected chi connectivity index (χ3v) is 1.99. The van der Waals surface area contributed by atoms with Gasteiger partial charge in [-0.15, -0.1) is 0 Å². The maximum atomic E-state index is 12.9. The third kappa shape index (κ3) is 3.52. The normalized spacial score (nSPS) is 13.1. The molecule has 0 fully saturated rings. The predicted molar refractivity (Wildman–Crippen MR) is 56.2 cm³/mol. The van der Waals surface area contributed by atoms with Gasteiger partial charge in [-0.2, -0.15) is 0 Å². The zero-order valence-electron chi connectivity index (χ0n) is 9.39. The Morgan fingerprint density at radius 1 is 1.31 bits per heavy atom. The highest BCUT2D eigenvalue weighted by Crippen LogP contribution is 2.20. The molecule has 1 unspecified atom stereocenters. The molecule has 1 aromatic heterocycles. The van der Waals surface area contributed by atoms with Crippen molar-refractivity contribution in [2.75, 3.05) is 13.2 Å². The zero-order chi connectivity index (χ0) is 12.0. The minimum atomic E-state index is -1.04. The van der Waals surface area contributed by atoms with E-state index in [2.05, 4.69) is 4.98 Å². The van der Waals surface area contributed by atoms with Crippen LogP contribution in [0.4, 0.5) is 4.39 Å². The van der Waals surface area contributed by atoms with E-state index >= 15 is 0 Å². The van der Waals surface area contributed by atoms with Gasteiger partial charge in [0, 0.05) is 25.0 Å². The molecule has 1 rings (SSSR count). The van der Waals surface area contributed by atoms with Crippen molar-refractivity contribution in [2.24, 2.45) is 0 Å². The van der Waals surface area contributed by atoms with Gasteiger partial charge in [-0.1, -0.05) is 0 Å². The van der Waals surface area contributed by atoms with E-state index in [-0.39, 0.29) is 0 Å². The van der Waals surface area contributed by atoms with E-state index in [1.807, 2.05) is 0 Å². The molecule has 16 heavy (non-hydrogen) atoms. The Morgan fingerprint density at radius 3 is 2.44 bits per heavy atom. The molecule has 0 aliphatic rings. The Labute approximate surface area is 94.0 Å². The van der Waals surface area contributed by atoms with Crippen LogP contribution in [0.2, 0.25) is 0 Å². The van der Waals surface area contributed by atoms with Gasteiger partial charge in [-0.3, -0.25) is 4.98 Å². The van der Waals surface area contributed by atoms with E-state index < -0.39 is 18.2 Å². The Hall–Kier alpha value is -1.04. The number of hydrogen-bond acceptors (Lipinski definition) is 4. The summed E-state index contributed by atoms with van der Waals surface area (Å²) in [5.74, 6) is -0.497. The first-order valence-electron chi connectivity index (χ1n) is 5.20. The number of nitrogens with zero attached hydrogens (tertiary/aromatic N) is 1. The SMILES string of the molecule is CCOC(OCC)C(O)c1cncc(F)c1. The number of ether oxygens (including phenoxy) is 2. The standard InChI is InChI=1S/C11H16FNO3/c1-3-15-11(16-4-2)10(14)8-5-9(12)7-13-6-8/h5-7,10-11,14H,3-4H2,1-2H3. The van der Waals surface area contributed by atoms with Gasteiger partial charge in [-0.25, -0.2) is 4.39 Å². The Morgan fingerprint density at radius 2 is 1.94 bits per heavy atom. The summed E-state index contributed by atoms with van der Waals surface area (Å²) in [6.07, 6.45) is 0.632. The highest BCUT2D eigenvalue weighted by atomic mass is 19.1. The Bertz CT molecular complexity index is 316. The molecular formula is C11H16FNO3. The monoisotopic (exact) mass is 229 g/mol. The van der Waals surface area contributed by atoms with Crippen molar-refractivity contribution in [3.63, 3.8) is 0 Å². The van der Waals surface area contributed by atoms with Crippen molar-refractivity contribution in [3.05, 3.63) is 29.8 Å². The Balaban J connectivity index is 2.76. The average molecular weight is 229 g/mol. The van der Waals surface area contributed by atoms with E-state index in [1.165, 1.54) is 12.3 Å². The lowest BCUT2D eigenvalue weighted by Crippen LogP contribution is -2.25. The van der Waals surface area contributed by atoms with Crippen molar-refractivity contribution >= 4 is 0 Å². The van der Waals surface area contributed by atoms with E-state index in [1.54, 1.807) is 13.8 Å². The molecule has 0 saturated heterocycles. The minimum absolute atomic E-state index is 0.340. The van der Waals surface area contributed by atoms with Crippen molar-refractivity contribution in [1.82, 2.24) is 4.98 Å². The second-order valence-corrected chi connectivity index (χ2v) is 3.16. The largest absolute Gasteiger partial charge is 0.383 e. The minimum Gasteiger partial charge on any atom is -0.383 e. The van der Waals surface area contributed by atoms with Gasteiger partial charge in [0.25, 0.3) is 0 Å². The van der Waals surface area contributed by atoms with Crippen LogP contribution in [0.15, 0.2) is 18.5 Å². The number of hydrogen-bond donors (Lipinski definition) is 1. The lowest BCUT2D eigenvalue weighted by molar-refractivity contribution is -0.191. The van der Waals surface area contributed by atoms with Crippen LogP contribution in [0.3, 0.4) is 0 Å². The van der Waals surface area contributed by atoms with Gasteiger partial charge in [0.05, 0.1) is 6.20 Å². The zero-order valence-corrected chi connectivity index (χ0v) is 9.39. The van der Waals surface area contributed by atoms with E-state index in [4.69, 9.17) is 9.47 Å². The van der Waals surface area contributed by atoms with E-state index in [9.17, 15) is 9.50 Å². The molecule has 0 amide bonds. The lowest BCUT2D eigenvalue weighted by Gasteiger charge is -2.22. The average Bonchev–Trinajstić information content (AvgIpc) is 2.28. The van der Waals surface area contributed by atoms with Gasteiger partial charge in [0.1, 0.15) is 11.9 Å². The summed E-state index contributed by atoms with van der Waals surface area (Å²) >= 11 is 0. The number of aliphatic hydroxyl groups excluding tert-OH is 1. The number of aromatic nitrogens is 1. The summed E-state index contributed by atoms with van der Waals surface area (Å²) in [6, 6.07) is 1.21. The summed E-state index contributed by atoms with van der Waals surface area (Å²) in [5, 5.41) is 9.91. The topological polar surface area (TPSA) is 51.6 Å². The predicted octanol–water partition coefficient (Wildman–Crippen LogP) is 1.65. The van der Waals surface area contributed by atoms with Crippen molar-refractivity contribution in [3.8, 4) is 0 Å². The third-order valence-electron chi connectivity index (χ3n) is 1.99. The van der Waals surface area contributed by atoms with Crippen molar-refractivity contribution in [2.45, 2.75) is 26.2 Å². The molecule has 1 aromatic rings. The number of pyridine rings is 1. The van der Waals surface area contributed by atoms with Crippen LogP contribution in [0, 0.1) is 5.82 Å². The van der Waals surface area contributed by atoms with E-state index in [0.29, 0.717) is 18.8 Å². The first-order chi connectivity index (χ1) is 7.69. The van der Waals surface area contributed by atoms with Crippen LogP contribution >= 0.6 is 0 Å². The molecule has 0 spiro atoms. The molecule has 0 radical (unpaired) electrons. The molecular weight excluding hydrogens is 213 g/mol. The smallest absolute Gasteiger partial charge is 0.187 e. The van der Waals surface area contributed by atoms with Gasteiger partial charge in [0.2, 0.25) is 0 Å². The maximum Gasteiger partial charge on any atom is 0.187 e. The van der Waals surface area contributed by atoms with Crippen LogP contribution < -0.4 is 0 Å². The number of halogens is 1. The molecule has 5 heteroatoms. The van der Waals surface area contributed by atoms with Crippen LogP contribution in [0.1, 0.15) is 25.5 Å². The molecule has 0 aromatic carbocycles. The quantitative estimate of drug-likeness (QED) is 0.754. The molecule has 0 saturated carbocycles. The second-order valence-electron chi connectivity index (χ2n) is 3.16. The molecule has 0 aliphatic heterocycles. The highest BCUT2D eigenvalue weighted by Gasteiger charge is 2.22. The molecule has 0 bridgehead atoms. The Kier molecular flexibility index (Phi) is 5.31. The summed E-state index contributed by atoms with van der Waals surface area (Å²) < 4.78 is 23.3. The van der Waals surface area contributed by atoms with Crippen molar-refractivity contribution < 1.29 is 19.0 Å². The fraction of sp³-hybridized carbons (Fsp3) is 0.545. The fourth-order valence-electron chi connectivity index (χ4n) is 1.31. The van der Waals surface area contributed by atoms with E-state index in [0.717, 1.165) is 6.20 Å².